The van der Waals surface area contributed by atoms with Gasteiger partial charge >= 0.3 is 0 Å². The zero-order valence-electron chi connectivity index (χ0n) is 5.88. The molecule has 0 atom stereocenters. The lowest BCUT2D eigenvalue weighted by Crippen LogP contribution is -2.23. The van der Waals surface area contributed by atoms with Crippen molar-refractivity contribution in [2.45, 2.75) is 12.8 Å². The third-order valence-electron chi connectivity index (χ3n) is 1.68. The van der Waals surface area contributed by atoms with Crippen LogP contribution in [0.5, 0.6) is 0 Å². The Kier molecular flexibility index (Phi) is 2.16. The molecular weight excluding hydrogens is 126 g/mol. The minimum absolute atomic E-state index is 0.611. The SMILES string of the molecule is N#CC=C(N)N1CCCC1. The predicted molar refractivity (Wildman–Crippen MR) is 38.7 cm³/mol. The molecule has 0 aromatic heterocycles. The Morgan fingerprint density at radius 3 is 2.60 bits per heavy atom. The van der Waals surface area contributed by atoms with E-state index in [1.54, 1.807) is 0 Å². The van der Waals surface area contributed by atoms with Gasteiger partial charge in [-0.1, -0.05) is 0 Å². The Balaban J connectivity index is 2.49. The summed E-state index contributed by atoms with van der Waals surface area (Å²) in [5.41, 5.74) is 5.55. The van der Waals surface area contributed by atoms with E-state index in [1.165, 1.54) is 18.9 Å². The van der Waals surface area contributed by atoms with E-state index >= 15 is 0 Å². The maximum Gasteiger partial charge on any atom is 0.109 e. The zero-order valence-corrected chi connectivity index (χ0v) is 5.88. The molecule has 0 aromatic rings. The second-order valence-electron chi connectivity index (χ2n) is 2.39. The lowest BCUT2D eigenvalue weighted by atomic mass is 10.4. The number of likely N-dealkylation sites (tertiary alicyclic amines) is 1. The highest BCUT2D eigenvalue weighted by molar-refractivity contribution is 5.09. The maximum absolute atomic E-state index is 8.26. The molecule has 0 radical (unpaired) electrons. The Morgan fingerprint density at radius 1 is 1.50 bits per heavy atom. The molecule has 0 amide bonds. The minimum Gasteiger partial charge on any atom is -0.385 e. The van der Waals surface area contributed by atoms with Crippen LogP contribution in [0.3, 0.4) is 0 Å². The number of rotatable bonds is 1. The Hall–Kier alpha value is -1.17. The van der Waals surface area contributed by atoms with Crippen LogP contribution in [0.25, 0.3) is 0 Å². The highest BCUT2D eigenvalue weighted by Crippen LogP contribution is 2.10. The van der Waals surface area contributed by atoms with Crippen molar-refractivity contribution >= 4 is 0 Å². The number of allylic oxidation sites excluding steroid dienone is 1. The van der Waals surface area contributed by atoms with Gasteiger partial charge in [0.05, 0.1) is 12.1 Å². The normalized spacial score (nSPS) is 19.1. The van der Waals surface area contributed by atoms with Gasteiger partial charge in [0.1, 0.15) is 5.82 Å². The number of nitrogens with zero attached hydrogens (tertiary/aromatic N) is 2. The van der Waals surface area contributed by atoms with E-state index < -0.39 is 0 Å². The first-order chi connectivity index (χ1) is 4.84. The van der Waals surface area contributed by atoms with Crippen LogP contribution in [0.1, 0.15) is 12.8 Å². The average molecular weight is 137 g/mol. The smallest absolute Gasteiger partial charge is 0.109 e. The topological polar surface area (TPSA) is 53.1 Å². The van der Waals surface area contributed by atoms with Crippen molar-refractivity contribution in [3.63, 3.8) is 0 Å². The van der Waals surface area contributed by atoms with E-state index in [0.717, 1.165) is 13.1 Å². The summed E-state index contributed by atoms with van der Waals surface area (Å²) in [7, 11) is 0. The fourth-order valence-corrected chi connectivity index (χ4v) is 1.13. The monoisotopic (exact) mass is 137 g/mol. The van der Waals surface area contributed by atoms with E-state index in [9.17, 15) is 0 Å². The summed E-state index contributed by atoms with van der Waals surface area (Å²) >= 11 is 0. The molecule has 54 valence electrons. The molecule has 2 N–H and O–H groups in total. The molecule has 1 heterocycles. The fourth-order valence-electron chi connectivity index (χ4n) is 1.13. The summed E-state index contributed by atoms with van der Waals surface area (Å²) in [5.74, 6) is 0.611. The van der Waals surface area contributed by atoms with Crippen molar-refractivity contribution in [2.75, 3.05) is 13.1 Å². The van der Waals surface area contributed by atoms with Crippen molar-refractivity contribution in [1.29, 1.82) is 5.26 Å². The summed E-state index contributed by atoms with van der Waals surface area (Å²) in [6.45, 7) is 2.01. The first kappa shape index (κ1) is 6.94. The van der Waals surface area contributed by atoms with Crippen molar-refractivity contribution < 1.29 is 0 Å². The number of nitrogens with two attached hydrogens (primary N) is 1. The largest absolute Gasteiger partial charge is 0.385 e. The summed E-state index contributed by atoms with van der Waals surface area (Å²) in [6.07, 6.45) is 3.78. The molecule has 3 nitrogen and oxygen atoms in total. The fraction of sp³-hybridized carbons (Fsp3) is 0.571. The van der Waals surface area contributed by atoms with Crippen LogP contribution < -0.4 is 5.73 Å². The highest BCUT2D eigenvalue weighted by Gasteiger charge is 2.11. The van der Waals surface area contributed by atoms with Crippen LogP contribution in [0.15, 0.2) is 11.9 Å². The Morgan fingerprint density at radius 2 is 2.10 bits per heavy atom. The molecule has 1 fully saturated rings. The van der Waals surface area contributed by atoms with Gasteiger partial charge in [0.25, 0.3) is 0 Å². The van der Waals surface area contributed by atoms with Crippen LogP contribution in [0.4, 0.5) is 0 Å². The minimum atomic E-state index is 0.611. The van der Waals surface area contributed by atoms with Gasteiger partial charge in [0, 0.05) is 13.1 Å². The van der Waals surface area contributed by atoms with E-state index in [4.69, 9.17) is 11.0 Å². The van der Waals surface area contributed by atoms with Gasteiger partial charge in [-0.15, -0.1) is 0 Å². The summed E-state index contributed by atoms with van der Waals surface area (Å²) in [6, 6.07) is 1.92. The number of nitriles is 1. The molecule has 0 saturated carbocycles. The van der Waals surface area contributed by atoms with Crippen molar-refractivity contribution in [3.8, 4) is 6.07 Å². The Labute approximate surface area is 60.7 Å². The lowest BCUT2D eigenvalue weighted by Gasteiger charge is -2.15. The molecule has 0 bridgehead atoms. The molecule has 0 unspecified atom stereocenters. The van der Waals surface area contributed by atoms with Crippen LogP contribution in [-0.2, 0) is 0 Å². The standard InChI is InChI=1S/C7H11N3/c8-4-3-7(9)10-5-1-2-6-10/h3H,1-2,5-6,9H2. The van der Waals surface area contributed by atoms with Crippen LogP contribution in [-0.4, -0.2) is 18.0 Å². The maximum atomic E-state index is 8.26. The highest BCUT2D eigenvalue weighted by atomic mass is 15.2. The van der Waals surface area contributed by atoms with E-state index in [0.29, 0.717) is 5.82 Å². The predicted octanol–water partition coefficient (Wildman–Crippen LogP) is 0.406. The molecule has 1 aliphatic rings. The van der Waals surface area contributed by atoms with Gasteiger partial charge in [-0.25, -0.2) is 0 Å². The third-order valence-corrected chi connectivity index (χ3v) is 1.68. The first-order valence-electron chi connectivity index (χ1n) is 3.45. The number of hydrogen-bond donors (Lipinski definition) is 1. The van der Waals surface area contributed by atoms with Gasteiger partial charge in [-0.2, -0.15) is 5.26 Å². The quantitative estimate of drug-likeness (QED) is 0.532. The van der Waals surface area contributed by atoms with Gasteiger partial charge in [-0.3, -0.25) is 0 Å². The van der Waals surface area contributed by atoms with Crippen LogP contribution >= 0.6 is 0 Å². The lowest BCUT2D eigenvalue weighted by molar-refractivity contribution is 0.422. The summed E-state index contributed by atoms with van der Waals surface area (Å²) in [4.78, 5) is 2.03. The van der Waals surface area contributed by atoms with Gasteiger partial charge < -0.3 is 10.6 Å². The molecule has 1 aliphatic heterocycles. The van der Waals surface area contributed by atoms with Crippen LogP contribution in [0, 0.1) is 11.3 Å². The molecule has 1 saturated heterocycles. The van der Waals surface area contributed by atoms with E-state index in [2.05, 4.69) is 0 Å². The van der Waals surface area contributed by atoms with Gasteiger partial charge in [-0.05, 0) is 12.8 Å². The molecular formula is C7H11N3. The first-order valence-corrected chi connectivity index (χ1v) is 3.45. The Bertz CT molecular complexity index is 172. The molecule has 10 heavy (non-hydrogen) atoms. The average Bonchev–Trinajstić information content (AvgIpc) is 2.38. The molecule has 3 heteroatoms. The van der Waals surface area contributed by atoms with Gasteiger partial charge in [0.15, 0.2) is 0 Å². The van der Waals surface area contributed by atoms with Crippen molar-refractivity contribution in [3.05, 3.63) is 11.9 Å². The van der Waals surface area contributed by atoms with E-state index in [1.807, 2.05) is 11.0 Å². The summed E-state index contributed by atoms with van der Waals surface area (Å²) < 4.78 is 0. The zero-order chi connectivity index (χ0) is 7.40. The molecule has 0 aliphatic carbocycles. The molecule has 0 spiro atoms. The second-order valence-corrected chi connectivity index (χ2v) is 2.39. The summed E-state index contributed by atoms with van der Waals surface area (Å²) in [5, 5.41) is 8.26. The van der Waals surface area contributed by atoms with Crippen molar-refractivity contribution in [1.82, 2.24) is 4.90 Å². The van der Waals surface area contributed by atoms with Gasteiger partial charge in [0.2, 0.25) is 0 Å². The third kappa shape index (κ3) is 1.41. The molecule has 1 rings (SSSR count). The van der Waals surface area contributed by atoms with Crippen molar-refractivity contribution in [2.24, 2.45) is 5.73 Å². The molecule has 0 aromatic carbocycles. The van der Waals surface area contributed by atoms with E-state index in [-0.39, 0.29) is 0 Å². The number of hydrogen-bond acceptors (Lipinski definition) is 3. The van der Waals surface area contributed by atoms with Crippen LogP contribution in [0.2, 0.25) is 0 Å². The second kappa shape index (κ2) is 3.11.